The number of carbonyl (C=O) groups excluding carboxylic acids is 1. The van der Waals surface area contributed by atoms with Crippen molar-refractivity contribution < 1.29 is 4.79 Å². The second kappa shape index (κ2) is 5.88. The summed E-state index contributed by atoms with van der Waals surface area (Å²) in [5.74, 6) is 0.129. The quantitative estimate of drug-likeness (QED) is 0.858. The van der Waals surface area contributed by atoms with E-state index in [1.54, 1.807) is 15.9 Å². The van der Waals surface area contributed by atoms with Gasteiger partial charge < -0.3 is 9.80 Å². The smallest absolute Gasteiger partial charge is 0.293 e. The van der Waals surface area contributed by atoms with Crippen molar-refractivity contribution in [2.75, 3.05) is 27.2 Å². The van der Waals surface area contributed by atoms with Crippen LogP contribution in [0.3, 0.4) is 0 Å². The molecule has 2 aromatic rings. The van der Waals surface area contributed by atoms with E-state index in [0.717, 1.165) is 25.2 Å². The van der Waals surface area contributed by atoms with Crippen LogP contribution in [0.1, 0.15) is 22.6 Å². The molecule has 1 aromatic heterocycles. The largest absolute Gasteiger partial charge is 0.335 e. The van der Waals surface area contributed by atoms with Crippen molar-refractivity contribution in [2.24, 2.45) is 0 Å². The maximum absolute atomic E-state index is 12.5. The third-order valence-corrected chi connectivity index (χ3v) is 4.22. The molecule has 22 heavy (non-hydrogen) atoms. The molecule has 6 nitrogen and oxygen atoms in total. The number of nitrogens with zero attached hydrogens (tertiary/aromatic N) is 5. The van der Waals surface area contributed by atoms with Crippen LogP contribution in [0.25, 0.3) is 5.69 Å². The van der Waals surface area contributed by atoms with Crippen LogP contribution in [0.5, 0.6) is 0 Å². The lowest BCUT2D eigenvalue weighted by Crippen LogP contribution is -2.39. The molecule has 1 unspecified atom stereocenters. The average molecular weight is 299 g/mol. The summed E-state index contributed by atoms with van der Waals surface area (Å²) < 4.78 is 1.64. The predicted molar refractivity (Wildman–Crippen MR) is 84.1 cm³/mol. The highest BCUT2D eigenvalue weighted by Gasteiger charge is 2.28. The molecule has 1 fully saturated rings. The number of carbonyl (C=O) groups is 1. The maximum Gasteiger partial charge on any atom is 0.293 e. The van der Waals surface area contributed by atoms with Gasteiger partial charge in [0.2, 0.25) is 5.82 Å². The topological polar surface area (TPSA) is 54.3 Å². The van der Waals surface area contributed by atoms with E-state index in [-0.39, 0.29) is 17.8 Å². The van der Waals surface area contributed by atoms with Crippen LogP contribution in [0.2, 0.25) is 0 Å². The monoisotopic (exact) mass is 299 g/mol. The van der Waals surface area contributed by atoms with Gasteiger partial charge in [-0.1, -0.05) is 17.7 Å². The number of likely N-dealkylation sites (tertiary alicyclic amines) is 1. The summed E-state index contributed by atoms with van der Waals surface area (Å²) in [6.45, 7) is 3.96. The molecule has 1 amide bonds. The number of hydrogen-bond acceptors (Lipinski definition) is 4. The molecule has 1 atom stereocenters. The Hall–Kier alpha value is -2.21. The van der Waals surface area contributed by atoms with Crippen molar-refractivity contribution in [3.8, 4) is 5.69 Å². The zero-order valence-electron chi connectivity index (χ0n) is 13.2. The lowest BCUT2D eigenvalue weighted by Gasteiger charge is -2.22. The number of amides is 1. The Kier molecular flexibility index (Phi) is 3.94. The number of aryl methyl sites for hydroxylation is 1. The molecule has 116 valence electrons. The summed E-state index contributed by atoms with van der Waals surface area (Å²) in [4.78, 5) is 20.7. The van der Waals surface area contributed by atoms with Crippen molar-refractivity contribution in [1.82, 2.24) is 24.6 Å². The molecule has 1 aliphatic heterocycles. The van der Waals surface area contributed by atoms with Crippen molar-refractivity contribution in [1.29, 1.82) is 0 Å². The Morgan fingerprint density at radius 2 is 2.05 bits per heavy atom. The number of rotatable bonds is 3. The summed E-state index contributed by atoms with van der Waals surface area (Å²) in [6.07, 6.45) is 2.59. The molecule has 0 N–H and O–H groups in total. The summed E-state index contributed by atoms with van der Waals surface area (Å²) >= 11 is 0. The molecule has 0 bridgehead atoms. The van der Waals surface area contributed by atoms with Gasteiger partial charge in [0.25, 0.3) is 5.91 Å². The fourth-order valence-corrected chi connectivity index (χ4v) is 2.73. The minimum Gasteiger partial charge on any atom is -0.335 e. The molecule has 0 aliphatic carbocycles. The fourth-order valence-electron chi connectivity index (χ4n) is 2.73. The Labute approximate surface area is 130 Å². The summed E-state index contributed by atoms with van der Waals surface area (Å²) in [7, 11) is 3.90. The van der Waals surface area contributed by atoms with E-state index in [1.165, 1.54) is 5.56 Å². The van der Waals surface area contributed by atoms with Crippen molar-refractivity contribution in [2.45, 2.75) is 19.4 Å². The summed E-state index contributed by atoms with van der Waals surface area (Å²) in [5, 5.41) is 4.32. The first kappa shape index (κ1) is 14.7. The minimum atomic E-state index is -0.119. The highest BCUT2D eigenvalue weighted by atomic mass is 16.2. The first-order valence-electron chi connectivity index (χ1n) is 7.49. The molecule has 0 saturated carbocycles. The van der Waals surface area contributed by atoms with Gasteiger partial charge in [0, 0.05) is 19.6 Å². The first-order valence-corrected chi connectivity index (χ1v) is 7.49. The first-order chi connectivity index (χ1) is 10.5. The predicted octanol–water partition coefficient (Wildman–Crippen LogP) is 1.35. The van der Waals surface area contributed by atoms with E-state index in [2.05, 4.69) is 22.0 Å². The Morgan fingerprint density at radius 1 is 1.32 bits per heavy atom. The summed E-state index contributed by atoms with van der Waals surface area (Å²) in [6, 6.07) is 8.20. The third-order valence-electron chi connectivity index (χ3n) is 4.22. The van der Waals surface area contributed by atoms with E-state index >= 15 is 0 Å². The SMILES string of the molecule is Cc1ccc(-n2cnc(C(=O)N(C)C3CCN(C)C3)n2)cc1. The Balaban J connectivity index is 1.75. The van der Waals surface area contributed by atoms with Crippen molar-refractivity contribution in [3.05, 3.63) is 42.0 Å². The average Bonchev–Trinajstić information content (AvgIpc) is 3.15. The van der Waals surface area contributed by atoms with Gasteiger partial charge in [-0.2, -0.15) is 0 Å². The molecule has 6 heteroatoms. The van der Waals surface area contributed by atoms with Gasteiger partial charge >= 0.3 is 0 Å². The third kappa shape index (κ3) is 2.87. The van der Waals surface area contributed by atoms with Crippen LogP contribution in [0.15, 0.2) is 30.6 Å². The van der Waals surface area contributed by atoms with Crippen LogP contribution >= 0.6 is 0 Å². The highest BCUT2D eigenvalue weighted by molar-refractivity contribution is 5.90. The van der Waals surface area contributed by atoms with Gasteiger partial charge in [-0.05, 0) is 39.1 Å². The van der Waals surface area contributed by atoms with E-state index in [9.17, 15) is 4.79 Å². The number of aromatic nitrogens is 3. The standard InChI is InChI=1S/C16H21N5O/c1-12-4-6-13(7-5-12)21-11-17-15(18-21)16(22)20(3)14-8-9-19(2)10-14/h4-7,11,14H,8-10H2,1-3H3. The van der Waals surface area contributed by atoms with Gasteiger partial charge in [0.1, 0.15) is 6.33 Å². The van der Waals surface area contributed by atoms with Gasteiger partial charge in [-0.15, -0.1) is 5.10 Å². The van der Waals surface area contributed by atoms with E-state index in [1.807, 2.05) is 38.2 Å². The lowest BCUT2D eigenvalue weighted by atomic mass is 10.2. The van der Waals surface area contributed by atoms with Crippen molar-refractivity contribution >= 4 is 5.91 Å². The minimum absolute atomic E-state index is 0.119. The molecule has 3 rings (SSSR count). The molecule has 0 radical (unpaired) electrons. The van der Waals surface area contributed by atoms with Crippen LogP contribution in [0.4, 0.5) is 0 Å². The van der Waals surface area contributed by atoms with Crippen molar-refractivity contribution in [3.63, 3.8) is 0 Å². The molecule has 1 aliphatic rings. The van der Waals surface area contributed by atoms with Crippen LogP contribution in [0, 0.1) is 6.92 Å². The second-order valence-electron chi connectivity index (χ2n) is 5.97. The molecule has 0 spiro atoms. The molecule has 2 heterocycles. The van der Waals surface area contributed by atoms with E-state index in [4.69, 9.17) is 0 Å². The van der Waals surface area contributed by atoms with Gasteiger partial charge in [0.05, 0.1) is 5.69 Å². The lowest BCUT2D eigenvalue weighted by molar-refractivity contribution is 0.0725. The zero-order chi connectivity index (χ0) is 15.7. The van der Waals surface area contributed by atoms with Gasteiger partial charge in [-0.25, -0.2) is 9.67 Å². The van der Waals surface area contributed by atoms with Crippen LogP contribution in [-0.4, -0.2) is 63.7 Å². The van der Waals surface area contributed by atoms with Gasteiger partial charge in [0.15, 0.2) is 0 Å². The van der Waals surface area contributed by atoms with Gasteiger partial charge in [-0.3, -0.25) is 4.79 Å². The zero-order valence-corrected chi connectivity index (χ0v) is 13.2. The fraction of sp³-hybridized carbons (Fsp3) is 0.438. The van der Waals surface area contributed by atoms with Crippen LogP contribution in [-0.2, 0) is 0 Å². The summed E-state index contributed by atoms with van der Waals surface area (Å²) in [5.41, 5.74) is 2.09. The number of likely N-dealkylation sites (N-methyl/N-ethyl adjacent to an activating group) is 2. The Morgan fingerprint density at radius 3 is 2.68 bits per heavy atom. The highest BCUT2D eigenvalue weighted by Crippen LogP contribution is 2.15. The normalized spacial score (nSPS) is 18.6. The molecular formula is C16H21N5O. The maximum atomic E-state index is 12.5. The van der Waals surface area contributed by atoms with E-state index < -0.39 is 0 Å². The molecule has 1 aromatic carbocycles. The molecular weight excluding hydrogens is 278 g/mol. The van der Waals surface area contributed by atoms with E-state index in [0.29, 0.717) is 0 Å². The molecule has 1 saturated heterocycles. The second-order valence-corrected chi connectivity index (χ2v) is 5.97. The number of benzene rings is 1. The Bertz CT molecular complexity index is 663. The van der Waals surface area contributed by atoms with Crippen LogP contribution < -0.4 is 0 Å². The number of hydrogen-bond donors (Lipinski definition) is 0.